The molecule has 2 heterocycles. The Morgan fingerprint density at radius 2 is 2.09 bits per heavy atom. The Morgan fingerprint density at radius 3 is 2.84 bits per heavy atom. The monoisotopic (exact) mass is 452 g/mol. The predicted molar refractivity (Wildman–Crippen MR) is 123 cm³/mol. The average molecular weight is 453 g/mol. The summed E-state index contributed by atoms with van der Waals surface area (Å²) in [4.78, 5) is 33.8. The lowest BCUT2D eigenvalue weighted by molar-refractivity contribution is -0.113. The lowest BCUT2D eigenvalue weighted by Gasteiger charge is -2.14. The summed E-state index contributed by atoms with van der Waals surface area (Å²) in [6.45, 7) is 0.447. The number of nitrogens with zero attached hydrogens (tertiary/aromatic N) is 3. The van der Waals surface area contributed by atoms with E-state index in [2.05, 4.69) is 15.3 Å². The van der Waals surface area contributed by atoms with Gasteiger partial charge < -0.3 is 14.8 Å². The molecular weight excluding hydrogens is 428 g/mol. The van der Waals surface area contributed by atoms with Gasteiger partial charge in [-0.25, -0.2) is 4.79 Å². The molecule has 9 heteroatoms. The zero-order valence-corrected chi connectivity index (χ0v) is 18.8. The van der Waals surface area contributed by atoms with Crippen LogP contribution in [0.2, 0.25) is 0 Å². The van der Waals surface area contributed by atoms with Gasteiger partial charge >= 0.3 is 5.69 Å². The molecule has 0 saturated heterocycles. The molecule has 0 aliphatic heterocycles. The molecule has 1 aliphatic carbocycles. The van der Waals surface area contributed by atoms with Crippen LogP contribution in [0.4, 0.5) is 5.69 Å². The zero-order valence-electron chi connectivity index (χ0n) is 18.0. The van der Waals surface area contributed by atoms with E-state index in [4.69, 9.17) is 9.47 Å². The molecular formula is C23H24N4O4S. The third-order valence-corrected chi connectivity index (χ3v) is 6.30. The maximum absolute atomic E-state index is 12.8. The van der Waals surface area contributed by atoms with E-state index in [1.807, 2.05) is 12.1 Å². The lowest BCUT2D eigenvalue weighted by atomic mass is 10.2. The normalized spacial score (nSPS) is 12.3. The van der Waals surface area contributed by atoms with Crippen LogP contribution in [0.25, 0.3) is 0 Å². The van der Waals surface area contributed by atoms with Crippen LogP contribution in [-0.2, 0) is 24.2 Å². The van der Waals surface area contributed by atoms with Gasteiger partial charge in [0.05, 0.1) is 32.2 Å². The maximum Gasteiger partial charge on any atom is 0.349 e. The van der Waals surface area contributed by atoms with Gasteiger partial charge in [-0.05, 0) is 43.0 Å². The van der Waals surface area contributed by atoms with Gasteiger partial charge in [-0.1, -0.05) is 17.8 Å². The highest BCUT2D eigenvalue weighted by molar-refractivity contribution is 8.00. The Morgan fingerprint density at radius 1 is 1.22 bits per heavy atom. The van der Waals surface area contributed by atoms with Crippen molar-refractivity contribution in [3.63, 3.8) is 0 Å². The molecule has 8 nitrogen and oxygen atoms in total. The number of thioether (sulfide) groups is 1. The number of hydrogen-bond donors (Lipinski definition) is 1. The third-order valence-electron chi connectivity index (χ3n) is 5.28. The van der Waals surface area contributed by atoms with E-state index in [1.54, 1.807) is 49.4 Å². The number of benzene rings is 1. The second-order valence-electron chi connectivity index (χ2n) is 7.33. The molecule has 0 bridgehead atoms. The van der Waals surface area contributed by atoms with E-state index in [9.17, 15) is 9.59 Å². The highest BCUT2D eigenvalue weighted by Crippen LogP contribution is 2.31. The van der Waals surface area contributed by atoms with Crippen molar-refractivity contribution in [3.05, 3.63) is 70.0 Å². The first kappa shape index (κ1) is 21.9. The van der Waals surface area contributed by atoms with E-state index in [0.717, 1.165) is 36.1 Å². The summed E-state index contributed by atoms with van der Waals surface area (Å²) in [7, 11) is 3.10. The summed E-state index contributed by atoms with van der Waals surface area (Å²) in [6.07, 6.45) is 6.11. The van der Waals surface area contributed by atoms with Gasteiger partial charge in [0, 0.05) is 29.7 Å². The van der Waals surface area contributed by atoms with Gasteiger partial charge in [0.2, 0.25) is 5.91 Å². The fourth-order valence-electron chi connectivity index (χ4n) is 3.77. The standard InChI is InChI=1S/C23H24N4O4S/c1-30-16-8-9-20(31-2)18(11-16)25-21(28)14-32-22-17-6-3-7-19(17)27(23(29)26-22)13-15-5-4-10-24-12-15/h4-5,8-12H,3,6-7,13-14H2,1-2H3,(H,25,28). The number of pyridine rings is 1. The number of anilines is 1. The molecule has 0 radical (unpaired) electrons. The third kappa shape index (κ3) is 4.77. The van der Waals surface area contributed by atoms with Crippen LogP contribution in [0.15, 0.2) is 52.5 Å². The summed E-state index contributed by atoms with van der Waals surface area (Å²) in [5.74, 6) is 1.08. The summed E-state index contributed by atoms with van der Waals surface area (Å²) >= 11 is 1.28. The lowest BCUT2D eigenvalue weighted by Crippen LogP contribution is -2.28. The molecule has 3 aromatic rings. The highest BCUT2D eigenvalue weighted by Gasteiger charge is 2.23. The topological polar surface area (TPSA) is 95.3 Å². The van der Waals surface area contributed by atoms with Crippen LogP contribution in [0.5, 0.6) is 11.5 Å². The molecule has 1 aliphatic rings. The Bertz CT molecular complexity index is 1180. The summed E-state index contributed by atoms with van der Waals surface area (Å²) in [5.41, 5.74) is 3.25. The van der Waals surface area contributed by atoms with Gasteiger partial charge in [-0.15, -0.1) is 0 Å². The van der Waals surface area contributed by atoms with Crippen molar-refractivity contribution in [2.45, 2.75) is 30.8 Å². The predicted octanol–water partition coefficient (Wildman–Crippen LogP) is 2.92. The fourth-order valence-corrected chi connectivity index (χ4v) is 4.65. The molecule has 1 aromatic carbocycles. The average Bonchev–Trinajstić information content (AvgIpc) is 3.30. The Balaban J connectivity index is 1.50. The number of nitrogens with one attached hydrogen (secondary N) is 1. The minimum Gasteiger partial charge on any atom is -0.497 e. The molecule has 0 saturated carbocycles. The SMILES string of the molecule is COc1ccc(OC)c(NC(=O)CSc2nc(=O)n(Cc3cccnc3)c3c2CCC3)c1. The van der Waals surface area contributed by atoms with Crippen LogP contribution in [0.3, 0.4) is 0 Å². The van der Waals surface area contributed by atoms with E-state index in [1.165, 1.54) is 11.8 Å². The Labute approximate surface area is 190 Å². The zero-order chi connectivity index (χ0) is 22.5. The van der Waals surface area contributed by atoms with E-state index < -0.39 is 0 Å². The quantitative estimate of drug-likeness (QED) is 0.415. The van der Waals surface area contributed by atoms with Crippen molar-refractivity contribution in [3.8, 4) is 11.5 Å². The smallest absolute Gasteiger partial charge is 0.349 e. The van der Waals surface area contributed by atoms with E-state index >= 15 is 0 Å². The number of rotatable bonds is 8. The summed E-state index contributed by atoms with van der Waals surface area (Å²) in [6, 6.07) is 9.00. The first-order valence-electron chi connectivity index (χ1n) is 10.2. The first-order valence-corrected chi connectivity index (χ1v) is 11.2. The molecule has 4 rings (SSSR count). The largest absolute Gasteiger partial charge is 0.497 e. The molecule has 32 heavy (non-hydrogen) atoms. The number of ether oxygens (including phenoxy) is 2. The number of carbonyl (C=O) groups is 1. The molecule has 0 unspecified atom stereocenters. The van der Waals surface area contributed by atoms with Crippen LogP contribution in [-0.4, -0.2) is 40.4 Å². The molecule has 0 atom stereocenters. The van der Waals surface area contributed by atoms with Gasteiger partial charge in [0.1, 0.15) is 16.5 Å². The van der Waals surface area contributed by atoms with Crippen molar-refractivity contribution in [2.24, 2.45) is 0 Å². The minimum absolute atomic E-state index is 0.131. The second kappa shape index (κ2) is 9.86. The Kier molecular flexibility index (Phi) is 6.75. The number of hydrogen-bond acceptors (Lipinski definition) is 7. The number of aromatic nitrogens is 3. The fraction of sp³-hybridized carbons (Fsp3) is 0.304. The van der Waals surface area contributed by atoms with Crippen molar-refractivity contribution in [2.75, 3.05) is 25.3 Å². The summed E-state index contributed by atoms with van der Waals surface area (Å²) < 4.78 is 12.3. The molecule has 0 spiro atoms. The maximum atomic E-state index is 12.8. The van der Waals surface area contributed by atoms with Crippen molar-refractivity contribution >= 4 is 23.4 Å². The van der Waals surface area contributed by atoms with E-state index in [0.29, 0.717) is 28.8 Å². The number of methoxy groups -OCH3 is 2. The van der Waals surface area contributed by atoms with Gasteiger partial charge in [0.15, 0.2) is 0 Å². The van der Waals surface area contributed by atoms with Crippen LogP contribution in [0, 0.1) is 0 Å². The van der Waals surface area contributed by atoms with Crippen molar-refractivity contribution in [1.29, 1.82) is 0 Å². The van der Waals surface area contributed by atoms with Crippen molar-refractivity contribution < 1.29 is 14.3 Å². The molecule has 1 amide bonds. The number of fused-ring (bicyclic) bond motifs is 1. The first-order chi connectivity index (χ1) is 15.6. The number of amides is 1. The van der Waals surface area contributed by atoms with Gasteiger partial charge in [-0.2, -0.15) is 4.98 Å². The molecule has 0 fully saturated rings. The molecule has 166 valence electrons. The van der Waals surface area contributed by atoms with Crippen LogP contribution in [0.1, 0.15) is 23.2 Å². The summed E-state index contributed by atoms with van der Waals surface area (Å²) in [5, 5.41) is 3.49. The Hall–Kier alpha value is -3.33. The molecule has 2 aromatic heterocycles. The molecule has 1 N–H and O–H groups in total. The van der Waals surface area contributed by atoms with Crippen LogP contribution >= 0.6 is 11.8 Å². The van der Waals surface area contributed by atoms with Crippen LogP contribution < -0.4 is 20.5 Å². The van der Waals surface area contributed by atoms with Gasteiger partial charge in [-0.3, -0.25) is 14.3 Å². The second-order valence-corrected chi connectivity index (χ2v) is 8.29. The highest BCUT2D eigenvalue weighted by atomic mass is 32.2. The number of carbonyl (C=O) groups excluding carboxylic acids is 1. The van der Waals surface area contributed by atoms with Crippen molar-refractivity contribution in [1.82, 2.24) is 14.5 Å². The van der Waals surface area contributed by atoms with E-state index in [-0.39, 0.29) is 17.3 Å². The van der Waals surface area contributed by atoms with Gasteiger partial charge in [0.25, 0.3) is 0 Å². The minimum atomic E-state index is -0.299.